The minimum atomic E-state index is -0.156. The molecular weight excluding hydrogens is 404 g/mol. The Labute approximate surface area is 179 Å². The Morgan fingerprint density at radius 1 is 1.07 bits per heavy atom. The van der Waals surface area contributed by atoms with E-state index in [1.54, 1.807) is 16.7 Å². The highest BCUT2D eigenvalue weighted by Crippen LogP contribution is 2.34. The van der Waals surface area contributed by atoms with Crippen LogP contribution >= 0.6 is 23.1 Å². The van der Waals surface area contributed by atoms with E-state index < -0.39 is 0 Å². The number of para-hydroxylation sites is 1. The normalized spacial score (nSPS) is 17.0. The van der Waals surface area contributed by atoms with Crippen LogP contribution in [0.1, 0.15) is 37.8 Å². The number of carbonyl (C=O) groups excluding carboxylic acids is 2. The molecule has 2 amide bonds. The zero-order valence-electron chi connectivity index (χ0n) is 16.4. The lowest BCUT2D eigenvalue weighted by Gasteiger charge is -2.29. The third kappa shape index (κ3) is 5.38. The van der Waals surface area contributed by atoms with Crippen molar-refractivity contribution < 1.29 is 9.59 Å². The lowest BCUT2D eigenvalue weighted by Crippen LogP contribution is -2.35. The van der Waals surface area contributed by atoms with Crippen LogP contribution in [0.4, 0.5) is 10.8 Å². The molecule has 0 bridgehead atoms. The molecule has 1 fully saturated rings. The van der Waals surface area contributed by atoms with Crippen LogP contribution < -0.4 is 10.2 Å². The second-order valence-corrected chi connectivity index (χ2v) is 9.39. The predicted octanol–water partition coefficient (Wildman–Crippen LogP) is 3.99. The summed E-state index contributed by atoms with van der Waals surface area (Å²) in [7, 11) is 0. The lowest BCUT2D eigenvalue weighted by atomic mass is 10.1. The molecule has 2 aliphatic rings. The van der Waals surface area contributed by atoms with Gasteiger partial charge in [0.1, 0.15) is 0 Å². The number of carbonyl (C=O) groups is 2. The minimum Gasteiger partial charge on any atom is -0.310 e. The van der Waals surface area contributed by atoms with Crippen molar-refractivity contribution in [3.8, 4) is 0 Å². The third-order valence-corrected chi connectivity index (χ3v) is 7.08. The second kappa shape index (κ2) is 9.73. The molecule has 1 N–H and O–H groups in total. The number of thioether (sulfide) groups is 1. The van der Waals surface area contributed by atoms with E-state index in [0.29, 0.717) is 11.7 Å². The SMILES string of the molecule is O=C(CCC(=O)N1CCSc2ccccc21)Nc1nc(CN2CCCCC2)cs1. The summed E-state index contributed by atoms with van der Waals surface area (Å²) in [6, 6.07) is 7.94. The molecule has 8 heteroatoms. The fourth-order valence-corrected chi connectivity index (χ4v) is 5.46. The maximum atomic E-state index is 12.7. The fraction of sp³-hybridized carbons (Fsp3) is 0.476. The van der Waals surface area contributed by atoms with Crippen LogP contribution in [0.3, 0.4) is 0 Å². The average Bonchev–Trinajstić information content (AvgIpc) is 3.19. The minimum absolute atomic E-state index is 0.00201. The number of benzene rings is 1. The van der Waals surface area contributed by atoms with Gasteiger partial charge in [0.05, 0.1) is 11.4 Å². The van der Waals surface area contributed by atoms with E-state index >= 15 is 0 Å². The number of hydrogen-bond acceptors (Lipinski definition) is 6. The highest BCUT2D eigenvalue weighted by atomic mass is 32.2. The molecule has 154 valence electrons. The van der Waals surface area contributed by atoms with Gasteiger partial charge in [0.2, 0.25) is 11.8 Å². The Morgan fingerprint density at radius 3 is 2.76 bits per heavy atom. The number of nitrogens with one attached hydrogen (secondary N) is 1. The molecule has 2 aliphatic heterocycles. The summed E-state index contributed by atoms with van der Waals surface area (Å²) >= 11 is 3.22. The number of rotatable bonds is 6. The van der Waals surface area contributed by atoms with Crippen molar-refractivity contribution in [2.45, 2.75) is 43.5 Å². The van der Waals surface area contributed by atoms with Crippen molar-refractivity contribution >= 4 is 45.7 Å². The summed E-state index contributed by atoms with van der Waals surface area (Å²) in [5.74, 6) is 0.725. The molecule has 0 unspecified atom stereocenters. The Bertz CT molecular complexity index is 864. The first-order valence-corrected chi connectivity index (χ1v) is 12.0. The molecule has 2 aromatic rings. The topological polar surface area (TPSA) is 65.5 Å². The maximum absolute atomic E-state index is 12.7. The Kier molecular flexibility index (Phi) is 6.84. The number of fused-ring (bicyclic) bond motifs is 1. The average molecular weight is 431 g/mol. The monoisotopic (exact) mass is 430 g/mol. The molecule has 0 radical (unpaired) electrons. The Balaban J connectivity index is 1.26. The number of hydrogen-bond donors (Lipinski definition) is 1. The Hall–Kier alpha value is -1.90. The first-order chi connectivity index (χ1) is 14.2. The fourth-order valence-electron chi connectivity index (χ4n) is 3.75. The zero-order chi connectivity index (χ0) is 20.1. The van der Waals surface area contributed by atoms with Gasteiger partial charge in [-0.2, -0.15) is 0 Å². The molecule has 0 atom stereocenters. The standard InChI is InChI=1S/C21H26N4O2S2/c26-19(23-21-22-16(15-29-21)14-24-10-4-1-5-11-24)8-9-20(27)25-12-13-28-18-7-3-2-6-17(18)25/h2-3,6-7,15H,1,4-5,8-14H2,(H,22,23,26). The van der Waals surface area contributed by atoms with Crippen LogP contribution in [0.2, 0.25) is 0 Å². The van der Waals surface area contributed by atoms with Gasteiger partial charge in [-0.15, -0.1) is 23.1 Å². The van der Waals surface area contributed by atoms with Crippen LogP contribution in [0.5, 0.6) is 0 Å². The van der Waals surface area contributed by atoms with E-state index in [4.69, 9.17) is 0 Å². The highest BCUT2D eigenvalue weighted by Gasteiger charge is 2.23. The number of amides is 2. The van der Waals surface area contributed by atoms with Crippen LogP contribution in [0.15, 0.2) is 34.5 Å². The van der Waals surface area contributed by atoms with Gasteiger partial charge < -0.3 is 10.2 Å². The predicted molar refractivity (Wildman–Crippen MR) is 119 cm³/mol. The molecule has 3 heterocycles. The summed E-state index contributed by atoms with van der Waals surface area (Å²) in [5.41, 5.74) is 1.96. The largest absolute Gasteiger partial charge is 0.310 e. The number of likely N-dealkylation sites (tertiary alicyclic amines) is 1. The molecule has 4 rings (SSSR count). The van der Waals surface area contributed by atoms with Crippen LogP contribution in [0.25, 0.3) is 0 Å². The molecular formula is C21H26N4O2S2. The molecule has 0 saturated carbocycles. The number of thiazole rings is 1. The molecule has 0 aliphatic carbocycles. The molecule has 6 nitrogen and oxygen atoms in total. The Morgan fingerprint density at radius 2 is 1.90 bits per heavy atom. The van der Waals surface area contributed by atoms with E-state index in [2.05, 4.69) is 15.2 Å². The number of piperidine rings is 1. The van der Waals surface area contributed by atoms with Crippen LogP contribution in [-0.2, 0) is 16.1 Å². The maximum Gasteiger partial charge on any atom is 0.227 e. The molecule has 1 aromatic heterocycles. The summed E-state index contributed by atoms with van der Waals surface area (Å²) in [5, 5.41) is 5.48. The van der Waals surface area contributed by atoms with Gasteiger partial charge in [0.15, 0.2) is 5.13 Å². The van der Waals surface area contributed by atoms with Gasteiger partial charge in [-0.25, -0.2) is 4.98 Å². The van der Waals surface area contributed by atoms with E-state index in [1.807, 2.05) is 29.6 Å². The zero-order valence-corrected chi connectivity index (χ0v) is 18.1. The van der Waals surface area contributed by atoms with Gasteiger partial charge >= 0.3 is 0 Å². The van der Waals surface area contributed by atoms with Crippen molar-refractivity contribution in [1.82, 2.24) is 9.88 Å². The van der Waals surface area contributed by atoms with Crippen LogP contribution in [0, 0.1) is 0 Å². The molecule has 0 spiro atoms. The quantitative estimate of drug-likeness (QED) is 0.751. The smallest absolute Gasteiger partial charge is 0.227 e. The summed E-state index contributed by atoms with van der Waals surface area (Å²) in [6.07, 6.45) is 4.20. The summed E-state index contributed by atoms with van der Waals surface area (Å²) in [6.45, 7) is 3.78. The first kappa shape index (κ1) is 20.4. The number of nitrogens with zero attached hydrogens (tertiary/aromatic N) is 3. The molecule has 1 aromatic carbocycles. The number of anilines is 2. The van der Waals surface area contributed by atoms with E-state index in [0.717, 1.165) is 41.7 Å². The highest BCUT2D eigenvalue weighted by molar-refractivity contribution is 7.99. The van der Waals surface area contributed by atoms with Gasteiger partial charge in [0, 0.05) is 42.0 Å². The van der Waals surface area contributed by atoms with Gasteiger partial charge in [-0.1, -0.05) is 18.6 Å². The summed E-state index contributed by atoms with van der Waals surface area (Å²) in [4.78, 5) is 34.9. The number of aromatic nitrogens is 1. The molecule has 1 saturated heterocycles. The van der Waals surface area contributed by atoms with E-state index in [9.17, 15) is 9.59 Å². The van der Waals surface area contributed by atoms with Crippen molar-refractivity contribution in [2.24, 2.45) is 0 Å². The van der Waals surface area contributed by atoms with E-state index in [1.165, 1.54) is 30.6 Å². The van der Waals surface area contributed by atoms with Crippen molar-refractivity contribution in [1.29, 1.82) is 0 Å². The van der Waals surface area contributed by atoms with Crippen molar-refractivity contribution in [3.63, 3.8) is 0 Å². The van der Waals surface area contributed by atoms with Gasteiger partial charge in [-0.3, -0.25) is 14.5 Å². The van der Waals surface area contributed by atoms with Crippen molar-refractivity contribution in [3.05, 3.63) is 35.3 Å². The summed E-state index contributed by atoms with van der Waals surface area (Å²) < 4.78 is 0. The lowest BCUT2D eigenvalue weighted by molar-refractivity contribution is -0.122. The molecule has 29 heavy (non-hydrogen) atoms. The van der Waals surface area contributed by atoms with E-state index in [-0.39, 0.29) is 24.7 Å². The van der Waals surface area contributed by atoms with Crippen LogP contribution in [-0.4, -0.2) is 47.1 Å². The van der Waals surface area contributed by atoms with Crippen molar-refractivity contribution in [2.75, 3.05) is 35.6 Å². The van der Waals surface area contributed by atoms with Gasteiger partial charge in [-0.05, 0) is 38.1 Å². The van der Waals surface area contributed by atoms with Gasteiger partial charge in [0.25, 0.3) is 0 Å². The second-order valence-electron chi connectivity index (χ2n) is 7.39. The first-order valence-electron chi connectivity index (χ1n) is 10.2. The third-order valence-electron chi connectivity index (χ3n) is 5.23.